The largest absolute Gasteiger partial charge is 0.391 e. The van der Waals surface area contributed by atoms with Gasteiger partial charge < -0.3 is 21.1 Å². The monoisotopic (exact) mass is 604 g/mol. The summed E-state index contributed by atoms with van der Waals surface area (Å²) in [7, 11) is 0. The molecule has 2 aromatic carbocycles. The van der Waals surface area contributed by atoms with Gasteiger partial charge in [0, 0.05) is 54.7 Å². The summed E-state index contributed by atoms with van der Waals surface area (Å²) in [6.45, 7) is 12.3. The fourth-order valence-corrected chi connectivity index (χ4v) is 5.82. The van der Waals surface area contributed by atoms with Crippen LogP contribution in [0.3, 0.4) is 0 Å². The third-order valence-electron chi connectivity index (χ3n) is 8.51. The van der Waals surface area contributed by atoms with Crippen LogP contribution in [0.1, 0.15) is 49.8 Å². The van der Waals surface area contributed by atoms with Crippen LogP contribution in [0.4, 0.5) is 11.9 Å². The summed E-state index contributed by atoms with van der Waals surface area (Å²) in [5.74, 6) is 1.48. The number of aliphatic hydroxyl groups excluding tert-OH is 1. The summed E-state index contributed by atoms with van der Waals surface area (Å²) in [4.78, 5) is 26.7. The Morgan fingerprint density at radius 2 is 2.00 bits per heavy atom. The SMILES string of the molecule is C=C(C)C(=O)Cc1ccc2c(-c3ccccc3CNc3nc(NC[C@H]4CCNC[C@@H]4O)nc4c(C(C)C)cnn34)nccc2c1. The summed E-state index contributed by atoms with van der Waals surface area (Å²) in [6, 6.07) is 16.3. The number of carbonyl (C=O) groups is 1. The van der Waals surface area contributed by atoms with Crippen molar-refractivity contribution in [2.45, 2.75) is 52.2 Å². The lowest BCUT2D eigenvalue weighted by atomic mass is 9.95. The molecule has 45 heavy (non-hydrogen) atoms. The maximum Gasteiger partial charge on any atom is 0.229 e. The van der Waals surface area contributed by atoms with Gasteiger partial charge in [-0.2, -0.15) is 19.6 Å². The quantitative estimate of drug-likeness (QED) is 0.151. The molecule has 0 unspecified atom stereocenters. The molecular formula is C35H40N8O2. The van der Waals surface area contributed by atoms with Crippen LogP contribution in [0.2, 0.25) is 0 Å². The van der Waals surface area contributed by atoms with Gasteiger partial charge in [0.05, 0.1) is 18.0 Å². The Bertz CT molecular complexity index is 1860. The smallest absolute Gasteiger partial charge is 0.229 e. The first-order valence-corrected chi connectivity index (χ1v) is 15.5. The number of Topliss-reactive ketones (excluding diaryl/α,β-unsaturated/α-hetero) is 1. The van der Waals surface area contributed by atoms with Crippen LogP contribution in [0.15, 0.2) is 73.1 Å². The molecule has 1 saturated heterocycles. The van der Waals surface area contributed by atoms with E-state index in [2.05, 4.69) is 59.7 Å². The van der Waals surface area contributed by atoms with E-state index in [1.165, 1.54) is 0 Å². The third kappa shape index (κ3) is 6.57. The molecule has 0 amide bonds. The van der Waals surface area contributed by atoms with Crippen LogP contribution in [0.25, 0.3) is 27.7 Å². The van der Waals surface area contributed by atoms with Crippen molar-refractivity contribution in [2.75, 3.05) is 30.3 Å². The molecule has 4 heterocycles. The molecule has 1 fully saturated rings. The number of allylic oxidation sites excluding steroid dienone is 1. The molecular weight excluding hydrogens is 564 g/mol. The molecule has 0 radical (unpaired) electrons. The standard InChI is InChI=1S/C35H40N8O2/c1-21(2)29-19-40-43-33(29)41-34(38-18-26-11-13-36-20-31(26)45)42-35(43)39-17-25-7-5-6-8-27(25)32-28-10-9-23(16-30(44)22(3)4)15-24(28)12-14-37-32/h5-10,12,14-15,19,21,26,31,36,45H,3,11,13,16-18,20H2,1-2,4H3,(H2,38,39,41,42)/t26-,31+/m1/s1. The van der Waals surface area contributed by atoms with Gasteiger partial charge in [0.25, 0.3) is 0 Å². The number of rotatable bonds is 11. The number of nitrogens with zero attached hydrogens (tertiary/aromatic N) is 5. The molecule has 1 aliphatic rings. The van der Waals surface area contributed by atoms with Crippen molar-refractivity contribution in [3.8, 4) is 11.3 Å². The number of aliphatic hydroxyl groups is 1. The lowest BCUT2D eigenvalue weighted by Gasteiger charge is -2.28. The molecule has 0 bridgehead atoms. The van der Waals surface area contributed by atoms with E-state index in [1.807, 2.05) is 42.7 Å². The average Bonchev–Trinajstić information content (AvgIpc) is 3.48. The minimum atomic E-state index is -0.404. The van der Waals surface area contributed by atoms with Crippen LogP contribution < -0.4 is 16.0 Å². The van der Waals surface area contributed by atoms with Gasteiger partial charge in [-0.25, -0.2) is 0 Å². The lowest BCUT2D eigenvalue weighted by molar-refractivity contribution is -0.114. The number of nitrogens with one attached hydrogen (secondary N) is 3. The predicted octanol–water partition coefficient (Wildman–Crippen LogP) is 5.15. The first-order valence-electron chi connectivity index (χ1n) is 15.5. The number of hydrogen-bond donors (Lipinski definition) is 4. The molecule has 0 saturated carbocycles. The summed E-state index contributed by atoms with van der Waals surface area (Å²) < 4.78 is 1.76. The van der Waals surface area contributed by atoms with E-state index in [0.717, 1.165) is 57.3 Å². The second kappa shape index (κ2) is 13.1. The average molecular weight is 605 g/mol. The molecule has 1 aliphatic heterocycles. The number of anilines is 2. The second-order valence-corrected chi connectivity index (χ2v) is 12.2. The van der Waals surface area contributed by atoms with Crippen molar-refractivity contribution in [1.29, 1.82) is 0 Å². The highest BCUT2D eigenvalue weighted by Gasteiger charge is 2.23. The molecule has 232 valence electrons. The zero-order chi connectivity index (χ0) is 31.5. The van der Waals surface area contributed by atoms with Crippen LogP contribution in [0, 0.1) is 5.92 Å². The van der Waals surface area contributed by atoms with E-state index >= 15 is 0 Å². The van der Waals surface area contributed by atoms with Gasteiger partial charge in [0.1, 0.15) is 0 Å². The Hall–Kier alpha value is -4.67. The van der Waals surface area contributed by atoms with Crippen molar-refractivity contribution < 1.29 is 9.90 Å². The summed E-state index contributed by atoms with van der Waals surface area (Å²) in [5.41, 5.74) is 6.24. The first-order chi connectivity index (χ1) is 21.8. The number of benzene rings is 2. The zero-order valence-electron chi connectivity index (χ0n) is 26.0. The molecule has 0 aliphatic carbocycles. The van der Waals surface area contributed by atoms with Crippen molar-refractivity contribution in [3.05, 3.63) is 89.8 Å². The number of piperidine rings is 1. The summed E-state index contributed by atoms with van der Waals surface area (Å²) >= 11 is 0. The number of fused-ring (bicyclic) bond motifs is 2. The maximum atomic E-state index is 12.3. The van der Waals surface area contributed by atoms with Crippen molar-refractivity contribution in [3.63, 3.8) is 0 Å². The molecule has 3 aromatic heterocycles. The van der Waals surface area contributed by atoms with Crippen LogP contribution in [-0.2, 0) is 17.8 Å². The number of ketones is 1. The van der Waals surface area contributed by atoms with Crippen LogP contribution in [-0.4, -0.2) is 61.2 Å². The van der Waals surface area contributed by atoms with E-state index in [-0.39, 0.29) is 17.6 Å². The van der Waals surface area contributed by atoms with Crippen molar-refractivity contribution in [1.82, 2.24) is 29.9 Å². The van der Waals surface area contributed by atoms with Crippen LogP contribution in [0.5, 0.6) is 0 Å². The molecule has 0 spiro atoms. The van der Waals surface area contributed by atoms with E-state index < -0.39 is 6.10 Å². The van der Waals surface area contributed by atoms with Gasteiger partial charge in [-0.3, -0.25) is 9.78 Å². The number of aromatic nitrogens is 5. The minimum absolute atomic E-state index is 0.0406. The Kier molecular flexibility index (Phi) is 8.86. The summed E-state index contributed by atoms with van der Waals surface area (Å²) in [6.07, 6.45) is 4.48. The van der Waals surface area contributed by atoms with Crippen molar-refractivity contribution >= 4 is 34.1 Å². The highest BCUT2D eigenvalue weighted by molar-refractivity contribution is 5.98. The maximum absolute atomic E-state index is 12.3. The number of hydrogen-bond acceptors (Lipinski definition) is 9. The highest BCUT2D eigenvalue weighted by Crippen LogP contribution is 2.31. The van der Waals surface area contributed by atoms with Gasteiger partial charge in [0.2, 0.25) is 11.9 Å². The number of carbonyl (C=O) groups excluding carboxylic acids is 1. The van der Waals surface area contributed by atoms with E-state index in [4.69, 9.17) is 15.0 Å². The van der Waals surface area contributed by atoms with Crippen molar-refractivity contribution in [2.24, 2.45) is 5.92 Å². The van der Waals surface area contributed by atoms with E-state index in [1.54, 1.807) is 11.4 Å². The summed E-state index contributed by atoms with van der Waals surface area (Å²) in [5, 5.41) is 27.2. The molecule has 10 heteroatoms. The fraction of sp³-hybridized carbons (Fsp3) is 0.343. The minimum Gasteiger partial charge on any atom is -0.391 e. The third-order valence-corrected chi connectivity index (χ3v) is 8.51. The van der Waals surface area contributed by atoms with Gasteiger partial charge >= 0.3 is 0 Å². The molecule has 4 N–H and O–H groups in total. The van der Waals surface area contributed by atoms with Gasteiger partial charge in [-0.1, -0.05) is 62.9 Å². The van der Waals surface area contributed by atoms with Gasteiger partial charge in [-0.05, 0) is 54.0 Å². The van der Waals surface area contributed by atoms with Crippen LogP contribution >= 0.6 is 0 Å². The van der Waals surface area contributed by atoms with Gasteiger partial charge in [0.15, 0.2) is 11.4 Å². The molecule has 6 rings (SSSR count). The second-order valence-electron chi connectivity index (χ2n) is 12.2. The Morgan fingerprint density at radius 3 is 2.80 bits per heavy atom. The number of pyridine rings is 1. The zero-order valence-corrected chi connectivity index (χ0v) is 26.0. The predicted molar refractivity (Wildman–Crippen MR) is 178 cm³/mol. The van der Waals surface area contributed by atoms with E-state index in [0.29, 0.717) is 43.5 Å². The Balaban J connectivity index is 1.29. The fourth-order valence-electron chi connectivity index (χ4n) is 5.82. The Morgan fingerprint density at radius 1 is 1.16 bits per heavy atom. The van der Waals surface area contributed by atoms with E-state index in [9.17, 15) is 9.90 Å². The molecule has 5 aromatic rings. The molecule has 2 atom stereocenters. The lowest BCUT2D eigenvalue weighted by Crippen LogP contribution is -2.43. The van der Waals surface area contributed by atoms with Gasteiger partial charge in [-0.15, -0.1) is 0 Å². The normalized spacial score (nSPS) is 16.7. The highest BCUT2D eigenvalue weighted by atomic mass is 16.3. The topological polar surface area (TPSA) is 129 Å². The Labute approximate surface area is 263 Å². The first kappa shape index (κ1) is 30.4. The number of β-amino-alcohol motifs (C(OH)–C–C–N with tert-alkyl or cyclic N) is 1. The molecule has 10 nitrogen and oxygen atoms in total.